The molecule has 0 saturated carbocycles. The molecular formula is C21H25N10O9PS2. The molecular weight excluding hydrogens is 631 g/mol. The van der Waals surface area contributed by atoms with Crippen LogP contribution in [0.15, 0.2) is 23.8 Å². The van der Waals surface area contributed by atoms with Crippen LogP contribution < -0.4 is 17.0 Å². The topological polar surface area (TPSA) is 277 Å². The molecule has 4 aromatic rings. The standard InChI is InChI=1S/C21H25N10O9PS2/c22-14-8-15(25-4-24-14)30(5-26-8)18-12-13(34)21(39-18,2-37-12)3-38-41(36,42)40-11-10(33)7(1-32)43-19(11)31-6-27-9-16(31)28-20(23)29-17(9)35/h4-7,10-13,18-19,32-34H,1-3H2,(H,36,42)(H2,22,24,25)(H3,23,28,29,35)/t7-,10-,11-,12-,13+,18-,19-,21-,41?/m1/s1. The summed E-state index contributed by atoms with van der Waals surface area (Å²) in [6.45, 7) is -5.08. The Bertz CT molecular complexity index is 1820. The summed E-state index contributed by atoms with van der Waals surface area (Å²) in [5.41, 5.74) is 10.4. The molecule has 4 aromatic heterocycles. The molecule has 3 aliphatic rings. The number of aliphatic hydroxyl groups excluding tert-OH is 3. The highest BCUT2D eigenvalue weighted by atomic mass is 32.5. The summed E-state index contributed by atoms with van der Waals surface area (Å²) < 4.78 is 26.5. The van der Waals surface area contributed by atoms with Gasteiger partial charge < -0.3 is 45.7 Å². The minimum absolute atomic E-state index is 0.00759. The summed E-state index contributed by atoms with van der Waals surface area (Å²) >= 11 is 6.40. The molecule has 3 aliphatic heterocycles. The number of ether oxygens (including phenoxy) is 2. The largest absolute Gasteiger partial charge is 0.395 e. The van der Waals surface area contributed by atoms with Gasteiger partial charge in [0.2, 0.25) is 5.95 Å². The van der Waals surface area contributed by atoms with E-state index in [1.54, 1.807) is 4.57 Å². The zero-order chi connectivity index (χ0) is 30.3. The van der Waals surface area contributed by atoms with Crippen molar-refractivity contribution in [3.05, 3.63) is 29.3 Å². The van der Waals surface area contributed by atoms with Gasteiger partial charge >= 0.3 is 6.72 Å². The van der Waals surface area contributed by atoms with Crippen LogP contribution in [0.5, 0.6) is 0 Å². The van der Waals surface area contributed by atoms with Crippen LogP contribution in [0, 0.1) is 0 Å². The lowest BCUT2D eigenvalue weighted by molar-refractivity contribution is -0.183. The molecule has 0 spiro atoms. The lowest BCUT2D eigenvalue weighted by Crippen LogP contribution is -2.45. The number of nitrogens with two attached hydrogens (primary N) is 2. The van der Waals surface area contributed by atoms with Crippen LogP contribution >= 0.6 is 18.5 Å². The highest BCUT2D eigenvalue weighted by molar-refractivity contribution is 8.07. The molecule has 9 N–H and O–H groups in total. The number of aliphatic hydroxyl groups is 3. The number of fused-ring (bicyclic) bond motifs is 4. The van der Waals surface area contributed by atoms with Crippen molar-refractivity contribution < 1.29 is 38.7 Å². The maximum atomic E-state index is 12.3. The summed E-state index contributed by atoms with van der Waals surface area (Å²) in [4.78, 5) is 46.3. The maximum Gasteiger partial charge on any atom is 0.325 e. The summed E-state index contributed by atoms with van der Waals surface area (Å²) in [5, 5.41) is 30.3. The number of hydrogen-bond donors (Lipinski definition) is 7. The fourth-order valence-electron chi connectivity index (χ4n) is 5.51. The number of nitrogen functional groups attached to an aromatic ring is 2. The van der Waals surface area contributed by atoms with Gasteiger partial charge in [-0.1, -0.05) is 0 Å². The van der Waals surface area contributed by atoms with Crippen molar-refractivity contribution in [2.75, 3.05) is 31.3 Å². The Morgan fingerprint density at radius 2 is 1.95 bits per heavy atom. The van der Waals surface area contributed by atoms with Crippen molar-refractivity contribution in [2.45, 2.75) is 46.9 Å². The Morgan fingerprint density at radius 3 is 2.74 bits per heavy atom. The zero-order valence-corrected chi connectivity index (χ0v) is 24.3. The van der Waals surface area contributed by atoms with Gasteiger partial charge in [-0.25, -0.2) is 19.9 Å². The number of thioether (sulfide) groups is 1. The minimum Gasteiger partial charge on any atom is -0.395 e. The predicted octanol–water partition coefficient (Wildman–Crippen LogP) is -2.26. The average Bonchev–Trinajstić information content (AvgIpc) is 3.77. The molecule has 0 radical (unpaired) electrons. The van der Waals surface area contributed by atoms with Gasteiger partial charge in [0.15, 0.2) is 28.9 Å². The molecule has 0 aromatic carbocycles. The summed E-state index contributed by atoms with van der Waals surface area (Å²) in [6, 6.07) is 0. The number of aromatic amines is 1. The first-order valence-corrected chi connectivity index (χ1v) is 16.3. The average molecular weight is 657 g/mol. The Hall–Kier alpha value is -2.82. The van der Waals surface area contributed by atoms with E-state index in [1.807, 2.05) is 0 Å². The summed E-state index contributed by atoms with van der Waals surface area (Å²) in [7, 11) is 0. The zero-order valence-electron chi connectivity index (χ0n) is 21.8. The molecule has 1 unspecified atom stereocenters. The van der Waals surface area contributed by atoms with Crippen LogP contribution in [0.1, 0.15) is 11.6 Å². The molecule has 43 heavy (non-hydrogen) atoms. The van der Waals surface area contributed by atoms with E-state index in [9.17, 15) is 25.0 Å². The highest BCUT2D eigenvalue weighted by Crippen LogP contribution is 2.55. The second kappa shape index (κ2) is 10.4. The number of rotatable bonds is 8. The van der Waals surface area contributed by atoms with Gasteiger partial charge in [0.25, 0.3) is 5.56 Å². The molecule has 19 nitrogen and oxygen atoms in total. The monoisotopic (exact) mass is 656 g/mol. The lowest BCUT2D eigenvalue weighted by atomic mass is 10.0. The third kappa shape index (κ3) is 4.63. The third-order valence-electron chi connectivity index (χ3n) is 7.61. The highest BCUT2D eigenvalue weighted by Gasteiger charge is 2.62. The first-order chi connectivity index (χ1) is 20.5. The van der Waals surface area contributed by atoms with Gasteiger partial charge in [0.1, 0.15) is 41.1 Å². The van der Waals surface area contributed by atoms with E-state index < -0.39 is 72.4 Å². The molecule has 3 fully saturated rings. The molecule has 2 bridgehead atoms. The lowest BCUT2D eigenvalue weighted by Gasteiger charge is -2.33. The quantitative estimate of drug-likeness (QED) is 0.0985. The van der Waals surface area contributed by atoms with E-state index in [-0.39, 0.29) is 29.5 Å². The molecule has 7 heterocycles. The van der Waals surface area contributed by atoms with E-state index in [4.69, 9.17) is 41.8 Å². The van der Waals surface area contributed by atoms with E-state index in [2.05, 4.69) is 29.9 Å². The molecule has 9 atom stereocenters. The number of H-pyrrole nitrogens is 1. The number of nitrogens with one attached hydrogen (secondary N) is 1. The number of nitrogens with zero attached hydrogens (tertiary/aromatic N) is 7. The van der Waals surface area contributed by atoms with Crippen molar-refractivity contribution in [3.8, 4) is 0 Å². The Kier molecular flexibility index (Phi) is 6.98. The van der Waals surface area contributed by atoms with Crippen molar-refractivity contribution in [3.63, 3.8) is 0 Å². The van der Waals surface area contributed by atoms with Gasteiger partial charge in [0, 0.05) is 0 Å². The van der Waals surface area contributed by atoms with Gasteiger partial charge in [-0.2, -0.15) is 4.98 Å². The van der Waals surface area contributed by atoms with E-state index >= 15 is 0 Å². The first kappa shape index (κ1) is 28.9. The fourth-order valence-corrected chi connectivity index (χ4v) is 8.45. The normalized spacial score (nSPS) is 33.5. The second-order valence-electron chi connectivity index (χ2n) is 10.2. The van der Waals surface area contributed by atoms with E-state index in [0.717, 1.165) is 11.8 Å². The molecule has 3 saturated heterocycles. The van der Waals surface area contributed by atoms with Crippen LogP contribution in [0.2, 0.25) is 0 Å². The Labute approximate surface area is 249 Å². The van der Waals surface area contributed by atoms with Crippen molar-refractivity contribution >= 4 is 64.4 Å². The summed E-state index contributed by atoms with van der Waals surface area (Å²) in [5.74, 6) is 0.0206. The Balaban J connectivity index is 1.11. The fraction of sp³-hybridized carbons (Fsp3) is 0.524. The van der Waals surface area contributed by atoms with Gasteiger partial charge in [-0.3, -0.25) is 23.4 Å². The smallest absolute Gasteiger partial charge is 0.325 e. The van der Waals surface area contributed by atoms with Crippen molar-refractivity contribution in [1.82, 2.24) is 39.0 Å². The van der Waals surface area contributed by atoms with Crippen LogP contribution in [-0.4, -0.2) is 114 Å². The molecule has 22 heteroatoms. The van der Waals surface area contributed by atoms with Crippen LogP contribution in [-0.2, 0) is 30.3 Å². The molecule has 0 aliphatic carbocycles. The molecule has 7 rings (SSSR count). The minimum atomic E-state index is -4.15. The predicted molar refractivity (Wildman–Crippen MR) is 152 cm³/mol. The first-order valence-electron chi connectivity index (χ1n) is 12.7. The third-order valence-corrected chi connectivity index (χ3v) is 10.7. The van der Waals surface area contributed by atoms with E-state index in [1.165, 1.54) is 23.5 Å². The summed E-state index contributed by atoms with van der Waals surface area (Å²) in [6.07, 6.45) is -1.38. The molecule has 0 amide bonds. The molecule has 230 valence electrons. The SMILES string of the molecule is Nc1nc2c(ncn2[C@@H]2S[C@H](CO)[C@@H](O)[C@H]2OP(O)(=S)OC[C@@]23CO[C@@H]([C@H](n4cnc5c(N)ncnc54)O2)[C@@H]3O)c(=O)[nH]1. The van der Waals surface area contributed by atoms with Gasteiger partial charge in [0.05, 0.1) is 43.8 Å². The number of anilines is 2. The second-order valence-corrected chi connectivity index (χ2v) is 14.4. The van der Waals surface area contributed by atoms with Gasteiger partial charge in [-0.15, -0.1) is 11.8 Å². The number of hydrogen-bond acceptors (Lipinski definition) is 17. The number of imidazole rings is 2. The van der Waals surface area contributed by atoms with Crippen LogP contribution in [0.4, 0.5) is 11.8 Å². The van der Waals surface area contributed by atoms with Gasteiger partial charge in [-0.05, 0) is 11.8 Å². The van der Waals surface area contributed by atoms with E-state index in [0.29, 0.717) is 11.2 Å². The maximum absolute atomic E-state index is 12.3. The number of aromatic nitrogens is 8. The van der Waals surface area contributed by atoms with Crippen molar-refractivity contribution in [2.24, 2.45) is 0 Å². The van der Waals surface area contributed by atoms with Crippen LogP contribution in [0.25, 0.3) is 22.3 Å². The van der Waals surface area contributed by atoms with Crippen LogP contribution in [0.3, 0.4) is 0 Å². The van der Waals surface area contributed by atoms with Crippen molar-refractivity contribution in [1.29, 1.82) is 0 Å². The Morgan fingerprint density at radius 1 is 1.19 bits per heavy atom.